The Hall–Kier alpha value is -9.22. The smallest absolute Gasteiger partial charge is 0.410 e. The number of likely N-dealkylation sites (tertiary alicyclic amines) is 4. The van der Waals surface area contributed by atoms with Crippen molar-refractivity contribution in [2.24, 2.45) is 59.2 Å². The summed E-state index contributed by atoms with van der Waals surface area (Å²) in [5.41, 5.74) is 3.37. The molecule has 650 valence electrons. The van der Waals surface area contributed by atoms with Crippen LogP contribution in [-0.4, -0.2) is 191 Å². The average molecular weight is 1760 g/mol. The van der Waals surface area contributed by atoms with Crippen LogP contribution < -0.4 is 5.32 Å². The van der Waals surface area contributed by atoms with Gasteiger partial charge >= 0.3 is 12.2 Å². The minimum absolute atomic E-state index is 0.0310. The normalized spacial score (nSPS) is 26.4. The molecule has 0 aromatic heterocycles. The second-order valence-corrected chi connectivity index (χ2v) is 45.3. The van der Waals surface area contributed by atoms with Crippen LogP contribution in [0.3, 0.4) is 0 Å². The first kappa shape index (κ1) is 88.6. The molecular formula is C97H111N5O16S5. The molecule has 123 heavy (non-hydrogen) atoms. The van der Waals surface area contributed by atoms with E-state index in [2.05, 4.69) is 45.4 Å². The van der Waals surface area contributed by atoms with Crippen molar-refractivity contribution in [2.75, 3.05) is 78.5 Å². The zero-order valence-electron chi connectivity index (χ0n) is 69.0. The third-order valence-corrected chi connectivity index (χ3v) is 36.9. The predicted molar refractivity (Wildman–Crippen MR) is 474 cm³/mol. The highest BCUT2D eigenvalue weighted by Crippen LogP contribution is 2.48. The number of phenolic OH excluding ortho intramolecular Hbond substituents is 2. The van der Waals surface area contributed by atoms with Gasteiger partial charge in [0.2, 0.25) is 0 Å². The van der Waals surface area contributed by atoms with E-state index in [4.69, 9.17) is 9.47 Å². The number of benzene rings is 9. The Morgan fingerprint density at radius 3 is 1.00 bits per heavy atom. The van der Waals surface area contributed by atoms with Crippen molar-refractivity contribution in [2.45, 2.75) is 134 Å². The maximum atomic E-state index is 12.9. The molecule has 0 radical (unpaired) electrons. The van der Waals surface area contributed by atoms with Gasteiger partial charge in [0.05, 0.1) is 53.2 Å². The summed E-state index contributed by atoms with van der Waals surface area (Å²) in [7, 11) is -12.9. The van der Waals surface area contributed by atoms with Gasteiger partial charge in [-0.1, -0.05) is 164 Å². The number of nitrogens with one attached hydrogen (secondary N) is 1. The fraction of sp³-hybridized carbons (Fsp3) is 0.412. The summed E-state index contributed by atoms with van der Waals surface area (Å²) < 4.78 is 113. The van der Waals surface area contributed by atoms with Gasteiger partial charge in [0, 0.05) is 74.6 Å². The first-order valence-electron chi connectivity index (χ1n) is 43.1. The minimum atomic E-state index is -3.30. The van der Waals surface area contributed by atoms with Gasteiger partial charge in [0.15, 0.2) is 45.1 Å². The van der Waals surface area contributed by atoms with E-state index in [0.717, 1.165) is 81.9 Å². The molecule has 10 fully saturated rings. The standard InChI is InChI=1S/C21H23NO4S.C21H25NO4S.C21H23NO4S.C21H23NO2S.C13H17NO2S/c23-21(26-15-16-7-3-1-4-8-16)22-13-17-11-20(12-18(17)14-22)27(24,25)19-9-5-2-6-10-19;2*23-18-8-6-15(7-9-18)21(24)14-22-12-16-10-20(11-17(16)13-22)27(25,26)19-4-2-1-3-5-19;23-21(24-15-16-7-3-1-4-8-16)22-13-17-11-20(12-18(17)14-22)25-19-9-5-2-6-10-19;15-17(16,12-4-2-1-3-5-12)13-6-10-8-14-9-11(10)7-13/h1-10,17-18,20H,11-15H2;1-9,16-17,20-21,23-24H,10-14H2;1-9,16-17,20,23H,10-14H2;1-10,17-18,20H,11-15H2;1-5,10-11,13-14H,6-9H2/t17-,18+,20?;16-,17+,20?,21?;16-,17+,20?;17-,18+,20?;10-,11+,13?. The third kappa shape index (κ3) is 22.0. The Morgan fingerprint density at radius 2 is 0.650 bits per heavy atom. The number of aromatic hydroxyl groups is 2. The molecule has 10 aliphatic rings. The molecule has 26 heteroatoms. The second kappa shape index (κ2) is 40.0. The summed E-state index contributed by atoms with van der Waals surface area (Å²) in [5, 5.41) is 32.0. The van der Waals surface area contributed by atoms with Gasteiger partial charge < -0.3 is 39.9 Å². The number of thioether (sulfide) groups is 1. The number of phenols is 2. The number of hydrogen-bond acceptors (Lipinski definition) is 20. The second-order valence-electron chi connectivity index (χ2n) is 35.0. The largest absolute Gasteiger partial charge is 0.508 e. The van der Waals surface area contributed by atoms with Crippen LogP contribution in [0.1, 0.15) is 97.4 Å². The maximum absolute atomic E-state index is 12.9. The number of hydrogen-bond donors (Lipinski definition) is 4. The van der Waals surface area contributed by atoms with Crippen LogP contribution in [0.5, 0.6) is 11.5 Å². The Bertz CT molecular complexity index is 5410. The number of fused-ring (bicyclic) bond motifs is 5. The lowest BCUT2D eigenvalue weighted by Gasteiger charge is -2.22. The molecule has 6 unspecified atom stereocenters. The topological polar surface area (TPSA) is 292 Å². The zero-order chi connectivity index (χ0) is 85.8. The van der Waals surface area contributed by atoms with E-state index >= 15 is 0 Å². The molecule has 5 aliphatic carbocycles. The molecule has 16 atom stereocenters. The quantitative estimate of drug-likeness (QED) is 0.0516. The Labute approximate surface area is 728 Å². The average Bonchev–Trinajstić information content (AvgIpc) is 1.64. The van der Waals surface area contributed by atoms with E-state index in [-0.39, 0.29) is 68.9 Å². The number of carbonyl (C=O) groups is 3. The van der Waals surface area contributed by atoms with Gasteiger partial charge in [-0.15, -0.1) is 11.8 Å². The van der Waals surface area contributed by atoms with Crippen molar-refractivity contribution in [1.82, 2.24) is 24.9 Å². The number of rotatable bonds is 20. The van der Waals surface area contributed by atoms with Gasteiger partial charge in [-0.2, -0.15) is 0 Å². The number of amides is 2. The molecule has 19 rings (SSSR count). The number of ketones is 1. The molecule has 5 saturated carbocycles. The van der Waals surface area contributed by atoms with E-state index in [1.54, 1.807) is 138 Å². The summed E-state index contributed by atoms with van der Waals surface area (Å²) in [6.07, 6.45) is 6.96. The number of Topliss-reactive ketones (excluding diaryl/α,β-unsaturated/α-hetero) is 1. The van der Waals surface area contributed by atoms with Crippen molar-refractivity contribution in [3.05, 3.63) is 283 Å². The Morgan fingerprint density at radius 1 is 0.358 bits per heavy atom. The lowest BCUT2D eigenvalue weighted by Crippen LogP contribution is -2.31. The van der Waals surface area contributed by atoms with Crippen LogP contribution in [0.4, 0.5) is 9.59 Å². The van der Waals surface area contributed by atoms with E-state index in [0.29, 0.717) is 149 Å². The van der Waals surface area contributed by atoms with Gasteiger partial charge in [-0.25, -0.2) is 43.3 Å². The number of nitrogens with zero attached hydrogens (tertiary/aromatic N) is 4. The van der Waals surface area contributed by atoms with Crippen molar-refractivity contribution < 1.29 is 72.8 Å². The maximum Gasteiger partial charge on any atom is 0.410 e. The van der Waals surface area contributed by atoms with Crippen LogP contribution in [0.25, 0.3) is 0 Å². The van der Waals surface area contributed by atoms with Crippen molar-refractivity contribution in [3.8, 4) is 11.5 Å². The first-order valence-corrected chi connectivity index (χ1v) is 50.2. The molecule has 5 saturated heterocycles. The highest BCUT2D eigenvalue weighted by molar-refractivity contribution is 8.00. The van der Waals surface area contributed by atoms with E-state index in [9.17, 15) is 63.4 Å². The van der Waals surface area contributed by atoms with E-state index in [1.165, 1.54) is 29.9 Å². The van der Waals surface area contributed by atoms with Gasteiger partial charge in [-0.3, -0.25) is 14.6 Å². The molecule has 9 aromatic carbocycles. The van der Waals surface area contributed by atoms with Gasteiger partial charge in [0.25, 0.3) is 0 Å². The molecule has 0 spiro atoms. The van der Waals surface area contributed by atoms with Crippen LogP contribution in [-0.2, 0) is 62.0 Å². The molecule has 9 aromatic rings. The Balaban J connectivity index is 0.000000120. The van der Waals surface area contributed by atoms with Crippen LogP contribution in [0.15, 0.2) is 285 Å². The number of carbonyl (C=O) groups excluding carboxylic acids is 3. The predicted octanol–water partition coefficient (Wildman–Crippen LogP) is 15.2. The first-order chi connectivity index (χ1) is 59.4. The summed E-state index contributed by atoms with van der Waals surface area (Å²) in [6.45, 7) is 9.56. The Kier molecular flexibility index (Phi) is 28.8. The van der Waals surface area contributed by atoms with Crippen LogP contribution in [0.2, 0.25) is 0 Å². The fourth-order valence-corrected chi connectivity index (χ4v) is 29.6. The third-order valence-electron chi connectivity index (χ3n) is 26.9. The van der Waals surface area contributed by atoms with Crippen molar-refractivity contribution >= 4 is 69.1 Å². The molecule has 0 bridgehead atoms. The molecule has 5 heterocycles. The number of sulfone groups is 4. The molecule has 4 N–H and O–H groups in total. The van der Waals surface area contributed by atoms with E-state index < -0.39 is 45.5 Å². The van der Waals surface area contributed by atoms with Gasteiger partial charge in [-0.05, 0) is 250 Å². The molecule has 21 nitrogen and oxygen atoms in total. The monoisotopic (exact) mass is 1760 g/mol. The highest BCUT2D eigenvalue weighted by atomic mass is 32.2. The lowest BCUT2D eigenvalue weighted by atomic mass is 10.0. The number of β-amino-alcohol motifs (C(OH)–C–C–N with tert-alkyl or cyclic N) is 1. The van der Waals surface area contributed by atoms with Crippen LogP contribution in [0, 0.1) is 59.2 Å². The SMILES string of the molecule is O=C(CN1C[C@H]2CC(S(=O)(=O)c3ccccc3)C[C@H]2C1)c1ccc(O)cc1.O=C(OCc1ccccc1)N1C[C@H]2CC(S(=O)(=O)c3ccccc3)C[C@H]2C1.O=C(OCc1ccccc1)N1C[C@H]2CC(Sc3ccccc3)C[C@H]2C1.O=S(=O)(c1ccccc1)C1C[C@@H]2CN(CC(O)c3ccc(O)cc3)C[C@@H]2C1.O=S(=O)(c1ccccc1)C1C[C@H]2CNC[C@H]2C1. The number of aliphatic hydroxyl groups is 1. The summed E-state index contributed by atoms with van der Waals surface area (Å²) in [4.78, 5) is 48.1. The van der Waals surface area contributed by atoms with E-state index in [1.807, 2.05) is 102 Å². The van der Waals surface area contributed by atoms with Crippen molar-refractivity contribution in [3.63, 3.8) is 0 Å². The summed E-state index contributed by atoms with van der Waals surface area (Å²) in [5.74, 6) is 4.65. The summed E-state index contributed by atoms with van der Waals surface area (Å²) >= 11 is 1.99. The number of ether oxygens (including phenoxy) is 2. The summed E-state index contributed by atoms with van der Waals surface area (Å²) in [6, 6.07) is 78.0. The lowest BCUT2D eigenvalue weighted by molar-refractivity contribution is 0.0939. The fourth-order valence-electron chi connectivity index (χ4n) is 20.5. The molecule has 2 amide bonds. The molecular weight excluding hydrogens is 1650 g/mol. The number of aliphatic hydroxyl groups excluding tert-OH is 1. The zero-order valence-corrected chi connectivity index (χ0v) is 73.1. The van der Waals surface area contributed by atoms with Crippen molar-refractivity contribution in [1.29, 1.82) is 0 Å². The van der Waals surface area contributed by atoms with Crippen LogP contribution >= 0.6 is 11.8 Å². The minimum Gasteiger partial charge on any atom is -0.508 e. The highest BCUT2D eigenvalue weighted by Gasteiger charge is 2.51. The van der Waals surface area contributed by atoms with Gasteiger partial charge in [0.1, 0.15) is 24.7 Å². The molecule has 5 aliphatic heterocycles.